The smallest absolute Gasteiger partial charge is 0.260 e. The second kappa shape index (κ2) is 7.06. The molecular formula is C18H17ClFN3OS. The number of anilines is 1. The number of nitrogens with one attached hydrogen (secondary N) is 1. The Bertz CT molecular complexity index is 838. The molecule has 3 rings (SSSR count). The molecule has 3 N–H and O–H groups in total. The average Bonchev–Trinajstić information content (AvgIpc) is 2.55. The highest BCUT2D eigenvalue weighted by Crippen LogP contribution is 2.36. The minimum absolute atomic E-state index is 0.0716. The van der Waals surface area contributed by atoms with Crippen molar-refractivity contribution in [3.8, 4) is 0 Å². The molecule has 25 heavy (non-hydrogen) atoms. The van der Waals surface area contributed by atoms with Crippen molar-refractivity contribution in [3.05, 3.63) is 64.4 Å². The van der Waals surface area contributed by atoms with Crippen LogP contribution in [0, 0.1) is 5.82 Å². The number of amidine groups is 1. The minimum Gasteiger partial charge on any atom is -0.379 e. The summed E-state index contributed by atoms with van der Waals surface area (Å²) in [6, 6.07) is 11.5. The van der Waals surface area contributed by atoms with Gasteiger partial charge in [-0.05, 0) is 43.2 Å². The highest BCUT2D eigenvalue weighted by atomic mass is 35.5. The van der Waals surface area contributed by atoms with Crippen molar-refractivity contribution in [3.63, 3.8) is 0 Å². The summed E-state index contributed by atoms with van der Waals surface area (Å²) < 4.78 is 13.9. The maximum atomic E-state index is 13.9. The van der Waals surface area contributed by atoms with Crippen LogP contribution in [0.15, 0.2) is 47.5 Å². The Hall–Kier alpha value is -2.05. The molecule has 1 unspecified atom stereocenters. The first-order chi connectivity index (χ1) is 11.9. The van der Waals surface area contributed by atoms with Crippen LogP contribution in [0.2, 0.25) is 5.02 Å². The zero-order valence-corrected chi connectivity index (χ0v) is 15.1. The number of nitrogens with zero attached hydrogens (tertiary/aromatic N) is 1. The fourth-order valence-corrected chi connectivity index (χ4v) is 3.96. The van der Waals surface area contributed by atoms with Gasteiger partial charge < -0.3 is 11.1 Å². The van der Waals surface area contributed by atoms with Crippen molar-refractivity contribution in [1.29, 1.82) is 0 Å². The van der Waals surface area contributed by atoms with Crippen LogP contribution in [0.25, 0.3) is 0 Å². The molecule has 0 fully saturated rings. The highest BCUT2D eigenvalue weighted by molar-refractivity contribution is 8.13. The Morgan fingerprint density at radius 3 is 2.84 bits per heavy atom. The van der Waals surface area contributed by atoms with Gasteiger partial charge in [0.05, 0.1) is 16.1 Å². The molecule has 0 aromatic heterocycles. The van der Waals surface area contributed by atoms with Crippen molar-refractivity contribution < 1.29 is 9.18 Å². The van der Waals surface area contributed by atoms with Crippen LogP contribution < -0.4 is 11.1 Å². The number of thioether (sulfide) groups is 1. The quantitative estimate of drug-likeness (QED) is 0.833. The molecule has 4 nitrogen and oxygen atoms in total. The van der Waals surface area contributed by atoms with E-state index in [2.05, 4.69) is 10.3 Å². The van der Waals surface area contributed by atoms with Crippen LogP contribution in [0.4, 0.5) is 10.1 Å². The number of carbonyl (C=O) groups excluding carboxylic acids is 1. The van der Waals surface area contributed by atoms with Gasteiger partial charge in [-0.1, -0.05) is 41.6 Å². The van der Waals surface area contributed by atoms with E-state index in [1.165, 1.54) is 30.0 Å². The molecular weight excluding hydrogens is 361 g/mol. The lowest BCUT2D eigenvalue weighted by Gasteiger charge is -2.30. The van der Waals surface area contributed by atoms with E-state index in [4.69, 9.17) is 17.3 Å². The SMILES string of the molecule is CC1(c2cccc(NC(=O)c3c(F)cccc3Cl)c2)CCSC(N)=N1. The Morgan fingerprint density at radius 1 is 1.36 bits per heavy atom. The van der Waals surface area contributed by atoms with Gasteiger partial charge in [0.15, 0.2) is 5.17 Å². The summed E-state index contributed by atoms with van der Waals surface area (Å²) in [7, 11) is 0. The summed E-state index contributed by atoms with van der Waals surface area (Å²) in [5.74, 6) is -0.366. The van der Waals surface area contributed by atoms with Crippen molar-refractivity contribution in [2.45, 2.75) is 18.9 Å². The Morgan fingerprint density at radius 2 is 2.12 bits per heavy atom. The lowest BCUT2D eigenvalue weighted by molar-refractivity contribution is 0.102. The number of hydrogen-bond donors (Lipinski definition) is 2. The lowest BCUT2D eigenvalue weighted by Crippen LogP contribution is -2.28. The number of hydrogen-bond acceptors (Lipinski definition) is 4. The predicted octanol–water partition coefficient (Wildman–Crippen LogP) is 4.40. The Balaban J connectivity index is 1.88. The van der Waals surface area contributed by atoms with Crippen molar-refractivity contribution in [2.75, 3.05) is 11.1 Å². The summed E-state index contributed by atoms with van der Waals surface area (Å²) >= 11 is 7.48. The maximum absolute atomic E-state index is 13.9. The van der Waals surface area contributed by atoms with Crippen LogP contribution in [0.3, 0.4) is 0 Å². The standard InChI is InChI=1S/C18H17ClFN3OS/c1-18(8-9-25-17(21)23-18)11-4-2-5-12(10-11)22-16(24)15-13(19)6-3-7-14(15)20/h2-7,10H,8-9H2,1H3,(H2,21,23)(H,22,24). The third kappa shape index (κ3) is 3.80. The van der Waals surface area contributed by atoms with E-state index in [9.17, 15) is 9.18 Å². The van der Waals surface area contributed by atoms with Crippen molar-refractivity contribution >= 4 is 40.1 Å². The third-order valence-corrected chi connectivity index (χ3v) is 5.24. The number of rotatable bonds is 3. The van der Waals surface area contributed by atoms with Crippen LogP contribution in [-0.2, 0) is 5.54 Å². The van der Waals surface area contributed by atoms with Gasteiger partial charge in [0, 0.05) is 11.4 Å². The minimum atomic E-state index is -0.658. The molecule has 130 valence electrons. The van der Waals surface area contributed by atoms with Crippen LogP contribution in [0.1, 0.15) is 29.3 Å². The number of benzene rings is 2. The molecule has 1 aliphatic rings. The fraction of sp³-hybridized carbons (Fsp3) is 0.222. The van der Waals surface area contributed by atoms with E-state index in [0.717, 1.165) is 17.7 Å². The number of nitrogens with two attached hydrogens (primary N) is 1. The summed E-state index contributed by atoms with van der Waals surface area (Å²) in [6.45, 7) is 2.01. The molecule has 0 aliphatic carbocycles. The van der Waals surface area contributed by atoms with E-state index in [0.29, 0.717) is 10.9 Å². The zero-order valence-electron chi connectivity index (χ0n) is 13.6. The third-order valence-electron chi connectivity index (χ3n) is 4.13. The number of carbonyl (C=O) groups is 1. The molecule has 1 heterocycles. The normalized spacial score (nSPS) is 20.0. The van der Waals surface area contributed by atoms with Gasteiger partial charge in [-0.2, -0.15) is 0 Å². The van der Waals surface area contributed by atoms with E-state index in [-0.39, 0.29) is 10.6 Å². The predicted molar refractivity (Wildman–Crippen MR) is 102 cm³/mol. The molecule has 0 radical (unpaired) electrons. The first-order valence-electron chi connectivity index (χ1n) is 7.73. The second-order valence-electron chi connectivity index (χ2n) is 5.95. The first kappa shape index (κ1) is 17.8. The van der Waals surface area contributed by atoms with Gasteiger partial charge in [-0.25, -0.2) is 4.39 Å². The molecule has 7 heteroatoms. The first-order valence-corrected chi connectivity index (χ1v) is 9.09. The van der Waals surface area contributed by atoms with Crippen molar-refractivity contribution in [1.82, 2.24) is 0 Å². The van der Waals surface area contributed by atoms with E-state index in [1.807, 2.05) is 25.1 Å². The van der Waals surface area contributed by atoms with Gasteiger partial charge in [0.25, 0.3) is 5.91 Å². The lowest BCUT2D eigenvalue weighted by atomic mass is 9.89. The molecule has 0 saturated carbocycles. The monoisotopic (exact) mass is 377 g/mol. The number of amides is 1. The van der Waals surface area contributed by atoms with Crippen LogP contribution in [-0.4, -0.2) is 16.8 Å². The molecule has 0 bridgehead atoms. The Labute approximate surface area is 154 Å². The molecule has 0 spiro atoms. The van der Waals surface area contributed by atoms with Gasteiger partial charge >= 0.3 is 0 Å². The molecule has 1 aliphatic heterocycles. The second-order valence-corrected chi connectivity index (χ2v) is 7.48. The maximum Gasteiger partial charge on any atom is 0.260 e. The zero-order chi connectivity index (χ0) is 18.0. The van der Waals surface area contributed by atoms with Gasteiger partial charge in [0.2, 0.25) is 0 Å². The van der Waals surface area contributed by atoms with Gasteiger partial charge in [-0.3, -0.25) is 9.79 Å². The summed E-state index contributed by atoms with van der Waals surface area (Å²) in [6.07, 6.45) is 0.842. The fourth-order valence-electron chi connectivity index (χ4n) is 2.73. The number of aliphatic imine (C=N–C) groups is 1. The largest absolute Gasteiger partial charge is 0.379 e. The molecule has 1 atom stereocenters. The summed E-state index contributed by atoms with van der Waals surface area (Å²) in [5, 5.41) is 3.33. The number of halogens is 2. The van der Waals surface area contributed by atoms with Crippen molar-refractivity contribution in [2.24, 2.45) is 10.7 Å². The van der Waals surface area contributed by atoms with Gasteiger partial charge in [0.1, 0.15) is 5.82 Å². The van der Waals surface area contributed by atoms with Crippen LogP contribution >= 0.6 is 23.4 Å². The summed E-state index contributed by atoms with van der Waals surface area (Å²) in [4.78, 5) is 16.9. The van der Waals surface area contributed by atoms with E-state index in [1.54, 1.807) is 6.07 Å². The average molecular weight is 378 g/mol. The molecule has 0 saturated heterocycles. The van der Waals surface area contributed by atoms with E-state index < -0.39 is 17.3 Å². The topological polar surface area (TPSA) is 67.5 Å². The highest BCUT2D eigenvalue weighted by Gasteiger charge is 2.29. The van der Waals surface area contributed by atoms with Gasteiger partial charge in [-0.15, -0.1) is 0 Å². The molecule has 2 aromatic carbocycles. The summed E-state index contributed by atoms with van der Waals surface area (Å²) in [5.41, 5.74) is 6.74. The Kier molecular flexibility index (Phi) is 5.01. The van der Waals surface area contributed by atoms with E-state index >= 15 is 0 Å². The molecule has 1 amide bonds. The molecule has 2 aromatic rings. The van der Waals surface area contributed by atoms with Crippen LogP contribution in [0.5, 0.6) is 0 Å².